The Kier molecular flexibility index (Phi) is 2.50. The van der Waals surface area contributed by atoms with E-state index in [1.807, 2.05) is 0 Å². The lowest BCUT2D eigenvalue weighted by molar-refractivity contribution is 0.0687. The number of hydrogen-bond donors (Lipinski definition) is 0. The summed E-state index contributed by atoms with van der Waals surface area (Å²) in [6, 6.07) is 0. The molecule has 0 aromatic heterocycles. The van der Waals surface area contributed by atoms with Gasteiger partial charge in [0.1, 0.15) is 0 Å². The van der Waals surface area contributed by atoms with Crippen LogP contribution in [0.5, 0.6) is 0 Å². The van der Waals surface area contributed by atoms with Crippen molar-refractivity contribution in [3.8, 4) is 0 Å². The van der Waals surface area contributed by atoms with E-state index in [0.29, 0.717) is 12.0 Å². The summed E-state index contributed by atoms with van der Waals surface area (Å²) < 4.78 is 5.48. The Morgan fingerprint density at radius 3 is 2.90 bits per heavy atom. The Bertz CT molecular complexity index is 129. The monoisotopic (exact) mass is 140 g/mol. The van der Waals surface area contributed by atoms with Crippen LogP contribution in [0.1, 0.15) is 26.7 Å². The summed E-state index contributed by atoms with van der Waals surface area (Å²) in [6.07, 6.45) is 2.61. The van der Waals surface area contributed by atoms with Gasteiger partial charge in [0.15, 0.2) is 0 Å². The number of hydrogen-bond acceptors (Lipinski definition) is 1. The van der Waals surface area contributed by atoms with E-state index in [4.69, 9.17) is 4.74 Å². The molecule has 1 heterocycles. The fraction of sp³-hybridized carbons (Fsp3) is 0.778. The predicted octanol–water partition coefficient (Wildman–Crippen LogP) is 2.38. The van der Waals surface area contributed by atoms with Gasteiger partial charge in [-0.3, -0.25) is 0 Å². The Morgan fingerprint density at radius 2 is 2.20 bits per heavy atom. The van der Waals surface area contributed by atoms with Crippen molar-refractivity contribution in [2.45, 2.75) is 32.8 Å². The Balaban J connectivity index is 2.49. The molecule has 2 atom stereocenters. The first-order valence-corrected chi connectivity index (χ1v) is 3.99. The summed E-state index contributed by atoms with van der Waals surface area (Å²) in [5, 5.41) is 0. The lowest BCUT2D eigenvalue weighted by Gasteiger charge is -2.11. The first-order valence-electron chi connectivity index (χ1n) is 3.99. The van der Waals surface area contributed by atoms with Crippen molar-refractivity contribution in [3.63, 3.8) is 0 Å². The molecule has 0 spiro atoms. The molecule has 0 unspecified atom stereocenters. The zero-order chi connectivity index (χ0) is 7.56. The van der Waals surface area contributed by atoms with Crippen molar-refractivity contribution >= 4 is 0 Å². The molecule has 0 radical (unpaired) electrons. The van der Waals surface area contributed by atoms with Gasteiger partial charge in [-0.1, -0.05) is 19.1 Å². The van der Waals surface area contributed by atoms with Crippen molar-refractivity contribution in [1.29, 1.82) is 0 Å². The minimum absolute atomic E-state index is 0.425. The highest BCUT2D eigenvalue weighted by Gasteiger charge is 2.15. The zero-order valence-electron chi connectivity index (χ0n) is 6.89. The van der Waals surface area contributed by atoms with Crippen molar-refractivity contribution in [2.75, 3.05) is 6.61 Å². The summed E-state index contributed by atoms with van der Waals surface area (Å²) in [5.74, 6) is 0.650. The van der Waals surface area contributed by atoms with E-state index >= 15 is 0 Å². The van der Waals surface area contributed by atoms with Crippen LogP contribution < -0.4 is 0 Å². The van der Waals surface area contributed by atoms with E-state index in [9.17, 15) is 0 Å². The van der Waals surface area contributed by atoms with Gasteiger partial charge in [0.05, 0.1) is 12.7 Å². The highest BCUT2D eigenvalue weighted by Crippen LogP contribution is 2.22. The second-order valence-corrected chi connectivity index (χ2v) is 3.23. The Hall–Kier alpha value is -0.300. The number of ether oxygens (including phenoxy) is 1. The van der Waals surface area contributed by atoms with Crippen molar-refractivity contribution < 1.29 is 4.74 Å². The summed E-state index contributed by atoms with van der Waals surface area (Å²) >= 11 is 0. The lowest BCUT2D eigenvalue weighted by Crippen LogP contribution is -2.08. The second-order valence-electron chi connectivity index (χ2n) is 3.23. The van der Waals surface area contributed by atoms with Crippen LogP contribution in [0.4, 0.5) is 0 Å². The fourth-order valence-corrected chi connectivity index (χ4v) is 1.37. The van der Waals surface area contributed by atoms with Gasteiger partial charge < -0.3 is 4.74 Å². The molecule has 1 heteroatoms. The van der Waals surface area contributed by atoms with Crippen molar-refractivity contribution in [1.82, 2.24) is 0 Å². The molecule has 0 N–H and O–H groups in total. The average molecular weight is 140 g/mol. The minimum atomic E-state index is 0.425. The molecule has 0 bridgehead atoms. The molecule has 0 aliphatic carbocycles. The van der Waals surface area contributed by atoms with Gasteiger partial charge in [-0.2, -0.15) is 0 Å². The first kappa shape index (κ1) is 7.80. The molecule has 0 aromatic carbocycles. The van der Waals surface area contributed by atoms with Gasteiger partial charge in [-0.25, -0.2) is 0 Å². The van der Waals surface area contributed by atoms with E-state index < -0.39 is 0 Å². The number of rotatable bonds is 0. The molecule has 1 aliphatic heterocycles. The molecule has 0 aromatic rings. The quantitative estimate of drug-likeness (QED) is 0.469. The molecule has 1 fully saturated rings. The van der Waals surface area contributed by atoms with E-state index in [2.05, 4.69) is 20.4 Å². The molecule has 0 amide bonds. The van der Waals surface area contributed by atoms with Crippen LogP contribution in [0.25, 0.3) is 0 Å². The molecule has 1 rings (SSSR count). The Morgan fingerprint density at radius 1 is 1.50 bits per heavy atom. The maximum atomic E-state index is 5.48. The third-order valence-electron chi connectivity index (χ3n) is 2.21. The first-order chi connectivity index (χ1) is 4.70. The fourth-order valence-electron chi connectivity index (χ4n) is 1.37. The molecule has 10 heavy (non-hydrogen) atoms. The molecule has 58 valence electrons. The summed E-state index contributed by atoms with van der Waals surface area (Å²) in [6.45, 7) is 9.24. The largest absolute Gasteiger partial charge is 0.378 e. The van der Waals surface area contributed by atoms with Crippen LogP contribution in [-0.2, 0) is 4.74 Å². The molecular formula is C9H16O. The van der Waals surface area contributed by atoms with E-state index in [-0.39, 0.29) is 0 Å². The maximum absolute atomic E-state index is 5.48. The third kappa shape index (κ3) is 1.84. The molecule has 1 aliphatic rings. The highest BCUT2D eigenvalue weighted by molar-refractivity contribution is 5.00. The minimum Gasteiger partial charge on any atom is -0.378 e. The van der Waals surface area contributed by atoms with Crippen LogP contribution in [0.15, 0.2) is 12.2 Å². The van der Waals surface area contributed by atoms with Crippen molar-refractivity contribution in [2.24, 2.45) is 5.92 Å². The summed E-state index contributed by atoms with van der Waals surface area (Å²) in [7, 11) is 0. The average Bonchev–Trinajstić information content (AvgIpc) is 1.96. The van der Waals surface area contributed by atoms with Gasteiger partial charge in [0.2, 0.25) is 0 Å². The summed E-state index contributed by atoms with van der Waals surface area (Å²) in [5.41, 5.74) is 1.35. The van der Waals surface area contributed by atoms with Crippen LogP contribution in [0, 0.1) is 5.92 Å². The van der Waals surface area contributed by atoms with Gasteiger partial charge in [0, 0.05) is 0 Å². The molecule has 1 saturated heterocycles. The van der Waals surface area contributed by atoms with Gasteiger partial charge in [-0.05, 0) is 25.7 Å². The molecular weight excluding hydrogens is 124 g/mol. The summed E-state index contributed by atoms with van der Waals surface area (Å²) in [4.78, 5) is 0. The topological polar surface area (TPSA) is 9.23 Å². The van der Waals surface area contributed by atoms with E-state index in [1.165, 1.54) is 5.57 Å². The van der Waals surface area contributed by atoms with Gasteiger partial charge in [0.25, 0.3) is 0 Å². The standard InChI is InChI=1S/C9H16O/c1-7-4-5-10-9(3)6-8(7)2/h8-9H,1,4-6H2,2-3H3/t8-,9-/m0/s1. The van der Waals surface area contributed by atoms with E-state index in [0.717, 1.165) is 19.4 Å². The van der Waals surface area contributed by atoms with Gasteiger partial charge >= 0.3 is 0 Å². The highest BCUT2D eigenvalue weighted by atomic mass is 16.5. The van der Waals surface area contributed by atoms with Gasteiger partial charge in [-0.15, -0.1) is 0 Å². The third-order valence-corrected chi connectivity index (χ3v) is 2.21. The molecule has 1 nitrogen and oxygen atoms in total. The maximum Gasteiger partial charge on any atom is 0.0552 e. The second kappa shape index (κ2) is 3.20. The SMILES string of the molecule is C=C1CCO[C@@H](C)C[C@@H]1C. The smallest absolute Gasteiger partial charge is 0.0552 e. The van der Waals surface area contributed by atoms with Crippen LogP contribution in [0.2, 0.25) is 0 Å². The van der Waals surface area contributed by atoms with Crippen LogP contribution in [-0.4, -0.2) is 12.7 Å². The zero-order valence-corrected chi connectivity index (χ0v) is 6.89. The lowest BCUT2D eigenvalue weighted by atomic mass is 9.96. The predicted molar refractivity (Wildman–Crippen MR) is 43.0 cm³/mol. The van der Waals surface area contributed by atoms with Crippen molar-refractivity contribution in [3.05, 3.63) is 12.2 Å². The molecule has 0 saturated carbocycles. The van der Waals surface area contributed by atoms with Crippen LogP contribution >= 0.6 is 0 Å². The normalized spacial score (nSPS) is 35.6. The van der Waals surface area contributed by atoms with E-state index in [1.54, 1.807) is 0 Å². The Labute approximate surface area is 63.1 Å². The van der Waals surface area contributed by atoms with Crippen LogP contribution in [0.3, 0.4) is 0 Å².